The zero-order valence-electron chi connectivity index (χ0n) is 13.2. The Balaban J connectivity index is 2.47. The highest BCUT2D eigenvalue weighted by molar-refractivity contribution is 7.90. The van der Waals surface area contributed by atoms with E-state index in [1.54, 1.807) is 11.9 Å². The highest BCUT2D eigenvalue weighted by Crippen LogP contribution is 2.28. The summed E-state index contributed by atoms with van der Waals surface area (Å²) in [5.74, 6) is 0.490. The van der Waals surface area contributed by atoms with Crippen LogP contribution in [0.4, 0.5) is 4.79 Å². The van der Waals surface area contributed by atoms with Crippen molar-refractivity contribution in [1.29, 1.82) is 0 Å². The largest absolute Gasteiger partial charge is 0.444 e. The first-order valence-corrected chi connectivity index (χ1v) is 9.17. The van der Waals surface area contributed by atoms with E-state index in [4.69, 9.17) is 4.74 Å². The van der Waals surface area contributed by atoms with Gasteiger partial charge in [-0.3, -0.25) is 0 Å². The lowest BCUT2D eigenvalue weighted by molar-refractivity contribution is 0.0175. The van der Waals surface area contributed by atoms with Crippen molar-refractivity contribution in [1.82, 2.24) is 4.90 Å². The zero-order valence-corrected chi connectivity index (χ0v) is 14.0. The van der Waals surface area contributed by atoms with Crippen LogP contribution < -0.4 is 0 Å². The van der Waals surface area contributed by atoms with Gasteiger partial charge in [0, 0.05) is 19.3 Å². The number of carbonyl (C=O) groups excluding carboxylic acids is 1. The molecule has 118 valence electrons. The van der Waals surface area contributed by atoms with Crippen molar-refractivity contribution in [2.24, 2.45) is 5.92 Å². The van der Waals surface area contributed by atoms with Crippen molar-refractivity contribution in [2.45, 2.75) is 58.1 Å². The van der Waals surface area contributed by atoms with Crippen molar-refractivity contribution in [3.05, 3.63) is 0 Å². The van der Waals surface area contributed by atoms with E-state index in [9.17, 15) is 13.2 Å². The monoisotopic (exact) mass is 305 g/mol. The Hall–Kier alpha value is -0.780. The Morgan fingerprint density at radius 2 is 1.70 bits per heavy atom. The van der Waals surface area contributed by atoms with Gasteiger partial charge in [-0.05, 0) is 52.4 Å². The Morgan fingerprint density at radius 3 is 2.10 bits per heavy atom. The number of carbonyl (C=O) groups is 1. The SMILES string of the molecule is CN(C(=O)OC(C)(C)C)C1CCC(CS(C)(=O)=O)CC1. The number of hydrogen-bond donors (Lipinski definition) is 0. The molecule has 0 heterocycles. The molecule has 0 aromatic rings. The van der Waals surface area contributed by atoms with Crippen LogP contribution in [0.1, 0.15) is 46.5 Å². The predicted molar refractivity (Wildman–Crippen MR) is 79.5 cm³/mol. The van der Waals surface area contributed by atoms with Crippen LogP contribution in [0.5, 0.6) is 0 Å². The number of rotatable bonds is 3. The summed E-state index contributed by atoms with van der Waals surface area (Å²) in [4.78, 5) is 13.6. The fraction of sp³-hybridized carbons (Fsp3) is 0.929. The molecule has 1 aliphatic carbocycles. The van der Waals surface area contributed by atoms with E-state index >= 15 is 0 Å². The minimum absolute atomic E-state index is 0.153. The molecule has 0 unspecified atom stereocenters. The summed E-state index contributed by atoms with van der Waals surface area (Å²) < 4.78 is 27.9. The maximum atomic E-state index is 12.0. The van der Waals surface area contributed by atoms with Gasteiger partial charge in [0.2, 0.25) is 0 Å². The van der Waals surface area contributed by atoms with Crippen LogP contribution in [0, 0.1) is 5.92 Å². The number of amides is 1. The van der Waals surface area contributed by atoms with E-state index in [-0.39, 0.29) is 23.8 Å². The third-order valence-electron chi connectivity index (χ3n) is 3.58. The van der Waals surface area contributed by atoms with Gasteiger partial charge < -0.3 is 9.64 Å². The highest BCUT2D eigenvalue weighted by atomic mass is 32.2. The normalized spacial score (nSPS) is 24.2. The molecule has 0 spiro atoms. The number of sulfone groups is 1. The van der Waals surface area contributed by atoms with Gasteiger partial charge in [-0.2, -0.15) is 0 Å². The van der Waals surface area contributed by atoms with E-state index in [0.717, 1.165) is 25.7 Å². The lowest BCUT2D eigenvalue weighted by atomic mass is 9.87. The minimum Gasteiger partial charge on any atom is -0.444 e. The van der Waals surface area contributed by atoms with E-state index in [0.29, 0.717) is 0 Å². The predicted octanol–water partition coefficient (Wildman–Crippen LogP) is 2.46. The number of nitrogens with zero attached hydrogens (tertiary/aromatic N) is 1. The Bertz CT molecular complexity index is 431. The minimum atomic E-state index is -2.91. The van der Waals surface area contributed by atoms with Crippen molar-refractivity contribution < 1.29 is 17.9 Å². The summed E-state index contributed by atoms with van der Waals surface area (Å²) in [5, 5.41) is 0. The van der Waals surface area contributed by atoms with Crippen LogP contribution in [0.3, 0.4) is 0 Å². The van der Waals surface area contributed by atoms with Gasteiger partial charge in [-0.25, -0.2) is 13.2 Å². The van der Waals surface area contributed by atoms with Crippen LogP contribution in [-0.2, 0) is 14.6 Å². The van der Waals surface area contributed by atoms with Crippen molar-refractivity contribution in [2.75, 3.05) is 19.1 Å². The summed E-state index contributed by atoms with van der Waals surface area (Å²) in [6.45, 7) is 5.55. The van der Waals surface area contributed by atoms with Gasteiger partial charge >= 0.3 is 6.09 Å². The van der Waals surface area contributed by atoms with Gasteiger partial charge in [-0.15, -0.1) is 0 Å². The van der Waals surface area contributed by atoms with Gasteiger partial charge in [0.1, 0.15) is 15.4 Å². The Kier molecular flexibility index (Phi) is 5.46. The highest BCUT2D eigenvalue weighted by Gasteiger charge is 2.30. The van der Waals surface area contributed by atoms with Crippen molar-refractivity contribution in [3.8, 4) is 0 Å². The first kappa shape index (κ1) is 17.3. The summed E-state index contributed by atoms with van der Waals surface area (Å²) in [6, 6.07) is 0.153. The first-order chi connectivity index (χ1) is 8.98. The molecule has 6 heteroatoms. The Morgan fingerprint density at radius 1 is 1.20 bits per heavy atom. The third-order valence-corrected chi connectivity index (χ3v) is 4.66. The molecule has 1 fully saturated rings. The fourth-order valence-corrected chi connectivity index (χ4v) is 3.80. The average Bonchev–Trinajstić information content (AvgIpc) is 2.24. The molecule has 0 saturated heterocycles. The molecule has 0 atom stereocenters. The number of ether oxygens (including phenoxy) is 1. The van der Waals surface area contributed by atoms with Crippen LogP contribution in [0.2, 0.25) is 0 Å². The van der Waals surface area contributed by atoms with E-state index in [1.807, 2.05) is 20.8 Å². The van der Waals surface area contributed by atoms with E-state index in [1.165, 1.54) is 6.26 Å². The first-order valence-electron chi connectivity index (χ1n) is 7.11. The second-order valence-corrected chi connectivity index (χ2v) is 9.04. The van der Waals surface area contributed by atoms with Gasteiger partial charge in [0.05, 0.1) is 5.75 Å². The summed E-state index contributed by atoms with van der Waals surface area (Å²) in [5.41, 5.74) is -0.487. The average molecular weight is 305 g/mol. The Labute approximate surface area is 122 Å². The lowest BCUT2D eigenvalue weighted by Crippen LogP contribution is -2.42. The molecule has 0 aromatic heterocycles. The molecule has 0 N–H and O–H groups in total. The molecular weight excluding hydrogens is 278 g/mol. The molecule has 1 aliphatic rings. The molecule has 0 radical (unpaired) electrons. The van der Waals surface area contributed by atoms with Crippen LogP contribution in [0.15, 0.2) is 0 Å². The van der Waals surface area contributed by atoms with Gasteiger partial charge in [-0.1, -0.05) is 0 Å². The lowest BCUT2D eigenvalue weighted by Gasteiger charge is -2.35. The van der Waals surface area contributed by atoms with Crippen molar-refractivity contribution in [3.63, 3.8) is 0 Å². The molecule has 5 nitrogen and oxygen atoms in total. The molecule has 1 saturated carbocycles. The van der Waals surface area contributed by atoms with Crippen molar-refractivity contribution >= 4 is 15.9 Å². The quantitative estimate of drug-likeness (QED) is 0.803. The van der Waals surface area contributed by atoms with Crippen LogP contribution >= 0.6 is 0 Å². The van der Waals surface area contributed by atoms with Crippen LogP contribution in [-0.4, -0.2) is 50.1 Å². The molecule has 1 rings (SSSR count). The number of hydrogen-bond acceptors (Lipinski definition) is 4. The summed E-state index contributed by atoms with van der Waals surface area (Å²) in [7, 11) is -1.15. The van der Waals surface area contributed by atoms with E-state index < -0.39 is 15.4 Å². The van der Waals surface area contributed by atoms with Gasteiger partial charge in [0.25, 0.3) is 0 Å². The standard InChI is InChI=1S/C14H27NO4S/c1-14(2,3)19-13(16)15(4)12-8-6-11(7-9-12)10-20(5,17)18/h11-12H,6-10H2,1-5H3. The summed E-state index contributed by atoms with van der Waals surface area (Å²) in [6.07, 6.45) is 4.37. The zero-order chi connectivity index (χ0) is 15.6. The van der Waals surface area contributed by atoms with Crippen LogP contribution in [0.25, 0.3) is 0 Å². The summed E-state index contributed by atoms with van der Waals surface area (Å²) >= 11 is 0. The second-order valence-electron chi connectivity index (χ2n) is 6.86. The molecule has 0 aromatic carbocycles. The molecular formula is C14H27NO4S. The molecule has 0 bridgehead atoms. The maximum Gasteiger partial charge on any atom is 0.410 e. The smallest absolute Gasteiger partial charge is 0.410 e. The fourth-order valence-electron chi connectivity index (χ4n) is 2.61. The van der Waals surface area contributed by atoms with Gasteiger partial charge in [0.15, 0.2) is 0 Å². The molecule has 1 amide bonds. The topological polar surface area (TPSA) is 63.7 Å². The molecule has 20 heavy (non-hydrogen) atoms. The second kappa shape index (κ2) is 6.33. The third kappa shape index (κ3) is 6.11. The maximum absolute atomic E-state index is 12.0. The molecule has 0 aliphatic heterocycles. The van der Waals surface area contributed by atoms with E-state index in [2.05, 4.69) is 0 Å².